The van der Waals surface area contributed by atoms with Gasteiger partial charge < -0.3 is 16.0 Å². The Morgan fingerprint density at radius 1 is 1.32 bits per heavy atom. The van der Waals surface area contributed by atoms with Crippen molar-refractivity contribution in [1.82, 2.24) is 10.2 Å². The zero-order chi connectivity index (χ0) is 14.3. The van der Waals surface area contributed by atoms with Gasteiger partial charge >= 0.3 is 0 Å². The first-order valence-electron chi connectivity index (χ1n) is 7.75. The van der Waals surface area contributed by atoms with Crippen LogP contribution in [0.25, 0.3) is 0 Å². The third-order valence-electron chi connectivity index (χ3n) is 4.52. The van der Waals surface area contributed by atoms with E-state index in [-0.39, 0.29) is 5.91 Å². The summed E-state index contributed by atoms with van der Waals surface area (Å²) in [6, 6.07) is 0.682. The molecule has 0 aromatic carbocycles. The Morgan fingerprint density at radius 2 is 1.89 bits per heavy atom. The third kappa shape index (κ3) is 5.11. The van der Waals surface area contributed by atoms with Crippen LogP contribution in [-0.2, 0) is 4.79 Å². The number of carbonyl (C=O) groups excluding carboxylic acids is 1. The van der Waals surface area contributed by atoms with E-state index in [1.165, 1.54) is 38.5 Å². The molecule has 1 rings (SSSR count). The van der Waals surface area contributed by atoms with Gasteiger partial charge in [-0.1, -0.05) is 32.6 Å². The van der Waals surface area contributed by atoms with Crippen molar-refractivity contribution in [3.63, 3.8) is 0 Å². The van der Waals surface area contributed by atoms with Gasteiger partial charge in [-0.25, -0.2) is 0 Å². The summed E-state index contributed by atoms with van der Waals surface area (Å²) in [5, 5.41) is 3.23. The number of amides is 1. The number of nitrogens with two attached hydrogens (primary N) is 1. The molecule has 0 saturated heterocycles. The Kier molecular flexibility index (Phi) is 6.80. The fraction of sp³-hybridized carbons (Fsp3) is 0.933. The average Bonchev–Trinajstić information content (AvgIpc) is 2.65. The molecule has 0 bridgehead atoms. The minimum absolute atomic E-state index is 0.247. The summed E-state index contributed by atoms with van der Waals surface area (Å²) in [7, 11) is 2.18. The molecule has 0 spiro atoms. The highest BCUT2D eigenvalue weighted by atomic mass is 16.1. The van der Waals surface area contributed by atoms with Gasteiger partial charge in [-0.15, -0.1) is 0 Å². The van der Waals surface area contributed by atoms with Crippen LogP contribution in [0.2, 0.25) is 0 Å². The van der Waals surface area contributed by atoms with Gasteiger partial charge in [0.1, 0.15) is 0 Å². The van der Waals surface area contributed by atoms with E-state index in [1.807, 2.05) is 13.8 Å². The lowest BCUT2D eigenvalue weighted by Gasteiger charge is -2.32. The molecule has 1 aliphatic carbocycles. The molecule has 0 heterocycles. The van der Waals surface area contributed by atoms with Crippen molar-refractivity contribution in [1.29, 1.82) is 0 Å². The third-order valence-corrected chi connectivity index (χ3v) is 4.52. The lowest BCUT2D eigenvalue weighted by Crippen LogP contribution is -2.54. The summed E-state index contributed by atoms with van der Waals surface area (Å²) in [6.07, 6.45) is 8.81. The summed E-state index contributed by atoms with van der Waals surface area (Å²) in [5.41, 5.74) is 4.95. The second-order valence-corrected chi connectivity index (χ2v) is 6.10. The number of hydrogen-bond donors (Lipinski definition) is 2. The molecule has 19 heavy (non-hydrogen) atoms. The summed E-state index contributed by atoms with van der Waals surface area (Å²) >= 11 is 0. The van der Waals surface area contributed by atoms with Gasteiger partial charge in [0.05, 0.1) is 5.54 Å². The molecule has 3 N–H and O–H groups in total. The molecule has 4 heteroatoms. The molecule has 0 aromatic rings. The van der Waals surface area contributed by atoms with Crippen LogP contribution in [0.3, 0.4) is 0 Å². The summed E-state index contributed by atoms with van der Waals surface area (Å²) in [4.78, 5) is 14.0. The van der Waals surface area contributed by atoms with Gasteiger partial charge in [0.25, 0.3) is 0 Å². The first-order valence-corrected chi connectivity index (χ1v) is 7.75. The first kappa shape index (κ1) is 16.4. The number of nitrogens with zero attached hydrogens (tertiary/aromatic N) is 1. The molecule has 1 aliphatic rings. The van der Waals surface area contributed by atoms with Crippen molar-refractivity contribution in [3.05, 3.63) is 0 Å². The zero-order valence-corrected chi connectivity index (χ0v) is 12.9. The number of carbonyl (C=O) groups is 1. The summed E-state index contributed by atoms with van der Waals surface area (Å²) < 4.78 is 0. The van der Waals surface area contributed by atoms with Crippen molar-refractivity contribution in [2.45, 2.75) is 70.4 Å². The van der Waals surface area contributed by atoms with Crippen LogP contribution in [0.1, 0.15) is 58.8 Å². The van der Waals surface area contributed by atoms with Crippen molar-refractivity contribution >= 4 is 5.91 Å². The largest absolute Gasteiger partial charge is 0.368 e. The molecule has 0 aromatic heterocycles. The number of primary amides is 1. The van der Waals surface area contributed by atoms with E-state index in [1.54, 1.807) is 0 Å². The van der Waals surface area contributed by atoms with Crippen molar-refractivity contribution in [2.24, 2.45) is 5.73 Å². The van der Waals surface area contributed by atoms with E-state index < -0.39 is 5.54 Å². The molecular formula is C15H31N3O. The van der Waals surface area contributed by atoms with Crippen molar-refractivity contribution < 1.29 is 4.79 Å². The number of likely N-dealkylation sites (N-methyl/N-ethyl adjacent to an activating group) is 1. The standard InChI is InChI=1S/C15H31N3O/c1-4-17-15(2,14(16)19)11-12-18(3)13-9-7-5-6-8-10-13/h13,17H,4-12H2,1-3H3,(H2,16,19). The van der Waals surface area contributed by atoms with Gasteiger partial charge in [0.15, 0.2) is 0 Å². The maximum Gasteiger partial charge on any atom is 0.237 e. The van der Waals surface area contributed by atoms with E-state index in [9.17, 15) is 4.79 Å². The first-order chi connectivity index (χ1) is 8.99. The summed E-state index contributed by atoms with van der Waals surface area (Å²) in [5.74, 6) is -0.247. The second-order valence-electron chi connectivity index (χ2n) is 6.10. The minimum atomic E-state index is -0.576. The van der Waals surface area contributed by atoms with Crippen LogP contribution < -0.4 is 11.1 Å². The molecule has 1 amide bonds. The fourth-order valence-electron chi connectivity index (χ4n) is 2.97. The molecule has 1 unspecified atom stereocenters. The van der Waals surface area contributed by atoms with E-state index in [2.05, 4.69) is 17.3 Å². The van der Waals surface area contributed by atoms with Crippen LogP contribution in [0.15, 0.2) is 0 Å². The van der Waals surface area contributed by atoms with Crippen LogP contribution in [0, 0.1) is 0 Å². The smallest absolute Gasteiger partial charge is 0.237 e. The topological polar surface area (TPSA) is 58.4 Å². The van der Waals surface area contributed by atoms with Crippen molar-refractivity contribution in [3.8, 4) is 0 Å². The highest BCUT2D eigenvalue weighted by molar-refractivity contribution is 5.84. The highest BCUT2D eigenvalue weighted by Gasteiger charge is 2.30. The van der Waals surface area contributed by atoms with Crippen LogP contribution >= 0.6 is 0 Å². The van der Waals surface area contributed by atoms with Crippen LogP contribution in [0.5, 0.6) is 0 Å². The molecule has 0 aliphatic heterocycles. The predicted octanol–water partition coefficient (Wildman–Crippen LogP) is 1.88. The highest BCUT2D eigenvalue weighted by Crippen LogP contribution is 2.22. The average molecular weight is 269 g/mol. The molecule has 1 fully saturated rings. The molecule has 1 saturated carbocycles. The Labute approximate surface area is 118 Å². The maximum absolute atomic E-state index is 11.6. The van der Waals surface area contributed by atoms with Crippen molar-refractivity contribution in [2.75, 3.05) is 20.1 Å². The van der Waals surface area contributed by atoms with E-state index in [0.29, 0.717) is 6.04 Å². The lowest BCUT2D eigenvalue weighted by atomic mass is 9.95. The molecule has 4 nitrogen and oxygen atoms in total. The fourth-order valence-corrected chi connectivity index (χ4v) is 2.97. The van der Waals surface area contributed by atoms with Gasteiger partial charge in [-0.05, 0) is 39.8 Å². The van der Waals surface area contributed by atoms with Gasteiger partial charge in [0, 0.05) is 12.6 Å². The number of nitrogens with one attached hydrogen (secondary N) is 1. The predicted molar refractivity (Wildman–Crippen MR) is 80.0 cm³/mol. The molecule has 0 radical (unpaired) electrons. The van der Waals surface area contributed by atoms with Crippen LogP contribution in [-0.4, -0.2) is 42.5 Å². The Balaban J connectivity index is 2.46. The van der Waals surface area contributed by atoms with Gasteiger partial charge in [-0.2, -0.15) is 0 Å². The van der Waals surface area contributed by atoms with Gasteiger partial charge in [-0.3, -0.25) is 4.79 Å². The SMILES string of the molecule is CCNC(C)(CCN(C)C1CCCCCC1)C(N)=O. The number of rotatable bonds is 7. The summed E-state index contributed by atoms with van der Waals surface area (Å²) in [6.45, 7) is 5.62. The van der Waals surface area contributed by atoms with E-state index >= 15 is 0 Å². The molecular weight excluding hydrogens is 238 g/mol. The normalized spacial score (nSPS) is 21.1. The second kappa shape index (κ2) is 7.85. The van der Waals surface area contributed by atoms with E-state index in [4.69, 9.17) is 5.73 Å². The Hall–Kier alpha value is -0.610. The Bertz CT molecular complexity index is 275. The monoisotopic (exact) mass is 269 g/mol. The number of hydrogen-bond acceptors (Lipinski definition) is 3. The van der Waals surface area contributed by atoms with Crippen LogP contribution in [0.4, 0.5) is 0 Å². The molecule has 112 valence electrons. The zero-order valence-electron chi connectivity index (χ0n) is 12.9. The Morgan fingerprint density at radius 3 is 2.37 bits per heavy atom. The molecule has 1 atom stereocenters. The minimum Gasteiger partial charge on any atom is -0.368 e. The lowest BCUT2D eigenvalue weighted by molar-refractivity contribution is -0.124. The maximum atomic E-state index is 11.6. The van der Waals surface area contributed by atoms with Gasteiger partial charge in [0.2, 0.25) is 5.91 Å². The quantitative estimate of drug-likeness (QED) is 0.694. The van der Waals surface area contributed by atoms with E-state index in [0.717, 1.165) is 19.5 Å².